The van der Waals surface area contributed by atoms with Crippen LogP contribution in [0.4, 0.5) is 5.69 Å². The van der Waals surface area contributed by atoms with E-state index in [1.807, 2.05) is 67.6 Å². The molecule has 3 aromatic carbocycles. The monoisotopic (exact) mass is 540 g/mol. The van der Waals surface area contributed by atoms with Gasteiger partial charge in [0.25, 0.3) is 11.1 Å². The van der Waals surface area contributed by atoms with Gasteiger partial charge in [-0.15, -0.1) is 5.10 Å². The van der Waals surface area contributed by atoms with Gasteiger partial charge >= 0.3 is 0 Å². The number of ether oxygens (including phenoxy) is 3. The van der Waals surface area contributed by atoms with Crippen LogP contribution in [0, 0.1) is 6.92 Å². The quantitative estimate of drug-likeness (QED) is 0.240. The van der Waals surface area contributed by atoms with E-state index < -0.39 is 0 Å². The number of hydrogen-bond donors (Lipinski definition) is 1. The summed E-state index contributed by atoms with van der Waals surface area (Å²) in [7, 11) is 3.17. The van der Waals surface area contributed by atoms with Gasteiger partial charge in [-0.25, -0.2) is 9.50 Å². The van der Waals surface area contributed by atoms with Crippen LogP contribution in [0.2, 0.25) is 0 Å². The minimum Gasteiger partial charge on any atom is -0.496 e. The number of furan rings is 1. The number of aryl methyl sites for hydroxylation is 1. The summed E-state index contributed by atoms with van der Waals surface area (Å²) in [6.07, 6.45) is 1.79. The van der Waals surface area contributed by atoms with Crippen molar-refractivity contribution >= 4 is 38.9 Å². The Balaban J connectivity index is 1.23. The third-order valence-electron chi connectivity index (χ3n) is 6.12. The summed E-state index contributed by atoms with van der Waals surface area (Å²) in [4.78, 5) is 18.0. The fourth-order valence-corrected chi connectivity index (χ4v) is 4.92. The molecule has 6 rings (SSSR count). The molecule has 0 atom stereocenters. The fourth-order valence-electron chi connectivity index (χ4n) is 4.22. The summed E-state index contributed by atoms with van der Waals surface area (Å²) in [5.74, 6) is 1.63. The van der Waals surface area contributed by atoms with Crippen molar-refractivity contribution in [2.75, 3.05) is 19.5 Å². The first-order valence-electron chi connectivity index (χ1n) is 12.1. The molecule has 9 nitrogen and oxygen atoms in total. The van der Waals surface area contributed by atoms with Crippen LogP contribution >= 0.6 is 11.3 Å². The molecule has 0 unspecified atom stereocenters. The van der Waals surface area contributed by atoms with Gasteiger partial charge in [0.15, 0.2) is 5.76 Å². The van der Waals surface area contributed by atoms with Crippen LogP contribution in [0.1, 0.15) is 21.5 Å². The molecule has 10 heteroatoms. The zero-order valence-corrected chi connectivity index (χ0v) is 22.2. The second kappa shape index (κ2) is 10.1. The van der Waals surface area contributed by atoms with Gasteiger partial charge < -0.3 is 23.9 Å². The van der Waals surface area contributed by atoms with Gasteiger partial charge in [-0.1, -0.05) is 29.8 Å². The molecule has 0 fully saturated rings. The molecule has 0 radical (unpaired) electrons. The second-order valence-corrected chi connectivity index (χ2v) is 9.80. The summed E-state index contributed by atoms with van der Waals surface area (Å²) < 4.78 is 24.7. The molecule has 0 spiro atoms. The van der Waals surface area contributed by atoms with E-state index in [0.717, 1.165) is 16.5 Å². The van der Waals surface area contributed by atoms with E-state index in [0.29, 0.717) is 49.9 Å². The van der Waals surface area contributed by atoms with Crippen LogP contribution in [-0.4, -0.2) is 34.7 Å². The van der Waals surface area contributed by atoms with Crippen molar-refractivity contribution in [2.45, 2.75) is 13.5 Å². The molecule has 3 heterocycles. The van der Waals surface area contributed by atoms with Crippen molar-refractivity contribution in [1.82, 2.24) is 14.6 Å². The first kappa shape index (κ1) is 24.5. The maximum Gasteiger partial charge on any atom is 0.294 e. The number of nitrogens with zero attached hydrogens (tertiary/aromatic N) is 3. The van der Waals surface area contributed by atoms with Gasteiger partial charge in [0.05, 0.1) is 25.8 Å². The predicted octanol–water partition coefficient (Wildman–Crippen LogP) is 6.36. The number of fused-ring (bicyclic) bond motifs is 2. The first-order valence-corrected chi connectivity index (χ1v) is 12.9. The largest absolute Gasteiger partial charge is 0.496 e. The number of nitrogens with one attached hydrogen (secondary N) is 1. The summed E-state index contributed by atoms with van der Waals surface area (Å²) in [6, 6.07) is 20.6. The number of carbonyl (C=O) groups is 1. The molecule has 1 N–H and O–H groups in total. The maximum atomic E-state index is 12.7. The van der Waals surface area contributed by atoms with E-state index in [-0.39, 0.29) is 12.5 Å². The van der Waals surface area contributed by atoms with Gasteiger partial charge in [0, 0.05) is 23.4 Å². The first-order chi connectivity index (χ1) is 19.0. The molecule has 39 heavy (non-hydrogen) atoms. The summed E-state index contributed by atoms with van der Waals surface area (Å²) in [6.45, 7) is 2.24. The minimum absolute atomic E-state index is 0.162. The lowest BCUT2D eigenvalue weighted by atomic mass is 10.1. The highest BCUT2D eigenvalue weighted by atomic mass is 32.1. The van der Waals surface area contributed by atoms with E-state index in [4.69, 9.17) is 18.6 Å². The third-order valence-corrected chi connectivity index (χ3v) is 7.00. The van der Waals surface area contributed by atoms with E-state index in [9.17, 15) is 4.79 Å². The van der Waals surface area contributed by atoms with E-state index in [1.54, 1.807) is 31.0 Å². The number of hydrogen-bond acceptors (Lipinski definition) is 8. The van der Waals surface area contributed by atoms with Crippen molar-refractivity contribution in [3.8, 4) is 28.1 Å². The standard InChI is InChI=1S/C29H24N4O5S/c1-17-6-4-8-19(10-17)27(34)30-20-9-5-7-18(11-20)16-37-24-12-21(35-2)13-25-22(24)14-26(38-25)23-15-33-28(31-23)39-29(32-33)36-3/h4-15H,16H2,1-3H3,(H,30,34). The molecule has 0 bridgehead atoms. The zero-order valence-electron chi connectivity index (χ0n) is 21.4. The van der Waals surface area contributed by atoms with Crippen LogP contribution < -0.4 is 19.5 Å². The van der Waals surface area contributed by atoms with E-state index >= 15 is 0 Å². The summed E-state index contributed by atoms with van der Waals surface area (Å²) in [5.41, 5.74) is 4.48. The van der Waals surface area contributed by atoms with Crippen molar-refractivity contribution in [3.05, 3.63) is 89.6 Å². The van der Waals surface area contributed by atoms with Crippen LogP contribution in [0.5, 0.6) is 16.7 Å². The molecule has 1 amide bonds. The van der Waals surface area contributed by atoms with Crippen molar-refractivity contribution < 1.29 is 23.4 Å². The Hall–Kier alpha value is -4.83. The molecule has 0 aliphatic heterocycles. The number of methoxy groups -OCH3 is 2. The maximum absolute atomic E-state index is 12.7. The molecule has 0 aliphatic carbocycles. The molecule has 6 aromatic rings. The average molecular weight is 541 g/mol. The highest BCUT2D eigenvalue weighted by Crippen LogP contribution is 2.37. The Kier molecular flexibility index (Phi) is 6.37. The number of benzene rings is 3. The lowest BCUT2D eigenvalue weighted by Gasteiger charge is -2.11. The number of aromatic nitrogens is 3. The number of rotatable bonds is 8. The van der Waals surface area contributed by atoms with Crippen LogP contribution in [0.25, 0.3) is 27.4 Å². The molecular formula is C29H24N4O5S. The molecule has 0 saturated carbocycles. The van der Waals surface area contributed by atoms with Crippen LogP contribution in [0.3, 0.4) is 0 Å². The normalized spacial score (nSPS) is 11.2. The lowest BCUT2D eigenvalue weighted by Crippen LogP contribution is -2.12. The third kappa shape index (κ3) is 5.01. The SMILES string of the molecule is COc1cc(OCc2cccc(NC(=O)c3cccc(C)c3)c2)c2cc(-c3cn4nc(OC)sc4n3)oc2c1. The smallest absolute Gasteiger partial charge is 0.294 e. The second-order valence-electron chi connectivity index (χ2n) is 8.89. The van der Waals surface area contributed by atoms with Gasteiger partial charge in [-0.05, 0) is 54.2 Å². The van der Waals surface area contributed by atoms with Crippen molar-refractivity contribution in [1.29, 1.82) is 0 Å². The highest BCUT2D eigenvalue weighted by molar-refractivity contribution is 7.18. The molecule has 0 aliphatic rings. The Morgan fingerprint density at radius 2 is 1.92 bits per heavy atom. The number of anilines is 1. The lowest BCUT2D eigenvalue weighted by molar-refractivity contribution is 0.102. The minimum atomic E-state index is -0.162. The topological polar surface area (TPSA) is 100 Å². The Morgan fingerprint density at radius 1 is 1.05 bits per heavy atom. The summed E-state index contributed by atoms with van der Waals surface area (Å²) >= 11 is 1.34. The molecule has 196 valence electrons. The Morgan fingerprint density at radius 3 is 2.72 bits per heavy atom. The number of imidazole rings is 1. The predicted molar refractivity (Wildman–Crippen MR) is 149 cm³/mol. The number of amides is 1. The molecular weight excluding hydrogens is 516 g/mol. The average Bonchev–Trinajstić information content (AvgIpc) is 3.65. The van der Waals surface area contributed by atoms with Gasteiger partial charge in [0.1, 0.15) is 29.4 Å². The van der Waals surface area contributed by atoms with Gasteiger partial charge in [-0.2, -0.15) is 0 Å². The fraction of sp³-hybridized carbons (Fsp3) is 0.138. The van der Waals surface area contributed by atoms with Crippen LogP contribution in [0.15, 0.2) is 77.3 Å². The Labute approximate surface area is 227 Å². The summed E-state index contributed by atoms with van der Waals surface area (Å²) in [5, 5.41) is 8.61. The zero-order chi connectivity index (χ0) is 26.9. The van der Waals surface area contributed by atoms with E-state index in [2.05, 4.69) is 15.4 Å². The Bertz CT molecular complexity index is 1790. The van der Waals surface area contributed by atoms with Crippen molar-refractivity contribution in [3.63, 3.8) is 0 Å². The van der Waals surface area contributed by atoms with Crippen LogP contribution in [-0.2, 0) is 6.61 Å². The highest BCUT2D eigenvalue weighted by Gasteiger charge is 2.17. The molecule has 0 saturated heterocycles. The number of carbonyl (C=O) groups excluding carboxylic acids is 1. The van der Waals surface area contributed by atoms with Crippen molar-refractivity contribution in [2.24, 2.45) is 0 Å². The van der Waals surface area contributed by atoms with E-state index in [1.165, 1.54) is 11.3 Å². The molecule has 3 aromatic heterocycles. The van der Waals surface area contributed by atoms with Gasteiger partial charge in [0.2, 0.25) is 4.96 Å². The van der Waals surface area contributed by atoms with Gasteiger partial charge in [-0.3, -0.25) is 4.79 Å².